The number of aryl methyl sites for hydroxylation is 1. The summed E-state index contributed by atoms with van der Waals surface area (Å²) < 4.78 is 5.72. The van der Waals surface area contributed by atoms with Crippen molar-refractivity contribution < 1.29 is 19.4 Å². The minimum Gasteiger partial charge on any atom is -0.493 e. The number of aliphatic hydroxyl groups is 1. The molecular formula is C24H27NO4S. The van der Waals surface area contributed by atoms with Crippen LogP contribution in [0.25, 0.3) is 5.57 Å². The zero-order valence-electron chi connectivity index (χ0n) is 17.6. The zero-order chi connectivity index (χ0) is 21.7. The summed E-state index contributed by atoms with van der Waals surface area (Å²) in [4.78, 5) is 27.9. The molecule has 0 radical (unpaired) electrons. The normalized spacial score (nSPS) is 14.2. The standard InChI is InChI=1S/C24H27NO4S/c1-16(2)15-29-20-10-8-19(9-11-20)21-22(30-13-12-26)24(28)25(23(21)27)14-18-6-4-17(3)5-7-18/h4-11,16,26H,12-15H2,1-3H3. The highest BCUT2D eigenvalue weighted by molar-refractivity contribution is 8.04. The predicted molar refractivity (Wildman–Crippen MR) is 120 cm³/mol. The number of ether oxygens (including phenoxy) is 1. The monoisotopic (exact) mass is 425 g/mol. The molecule has 1 aliphatic rings. The smallest absolute Gasteiger partial charge is 0.268 e. The Kier molecular flexibility index (Phi) is 7.34. The van der Waals surface area contributed by atoms with Gasteiger partial charge < -0.3 is 9.84 Å². The van der Waals surface area contributed by atoms with Crippen molar-refractivity contribution in [3.8, 4) is 5.75 Å². The number of nitrogens with zero attached hydrogens (tertiary/aromatic N) is 1. The van der Waals surface area contributed by atoms with Gasteiger partial charge in [-0.1, -0.05) is 55.8 Å². The highest BCUT2D eigenvalue weighted by Gasteiger charge is 2.39. The molecule has 0 fully saturated rings. The minimum atomic E-state index is -0.311. The number of carbonyl (C=O) groups is 2. The van der Waals surface area contributed by atoms with E-state index in [2.05, 4.69) is 13.8 Å². The molecule has 0 aromatic heterocycles. The van der Waals surface area contributed by atoms with Crippen LogP contribution >= 0.6 is 11.8 Å². The van der Waals surface area contributed by atoms with Gasteiger partial charge in [0.25, 0.3) is 11.8 Å². The Labute approximate surface area is 181 Å². The van der Waals surface area contributed by atoms with E-state index < -0.39 is 0 Å². The largest absolute Gasteiger partial charge is 0.493 e. The Morgan fingerprint density at radius 2 is 1.67 bits per heavy atom. The van der Waals surface area contributed by atoms with E-state index in [4.69, 9.17) is 4.74 Å². The predicted octanol–water partition coefficient (Wildman–Crippen LogP) is 4.04. The molecule has 0 bridgehead atoms. The topological polar surface area (TPSA) is 66.8 Å². The maximum Gasteiger partial charge on any atom is 0.268 e. The van der Waals surface area contributed by atoms with E-state index in [1.807, 2.05) is 55.5 Å². The lowest BCUT2D eigenvalue weighted by atomic mass is 10.1. The van der Waals surface area contributed by atoms with Gasteiger partial charge in [0.15, 0.2) is 0 Å². The van der Waals surface area contributed by atoms with Gasteiger partial charge in [-0.2, -0.15) is 0 Å². The molecule has 2 aromatic carbocycles. The number of amides is 2. The number of benzene rings is 2. The molecule has 2 aromatic rings. The van der Waals surface area contributed by atoms with Crippen molar-refractivity contribution >= 4 is 29.1 Å². The molecule has 2 amide bonds. The van der Waals surface area contributed by atoms with Gasteiger partial charge >= 0.3 is 0 Å². The van der Waals surface area contributed by atoms with Crippen LogP contribution in [-0.2, 0) is 16.1 Å². The average molecular weight is 426 g/mol. The van der Waals surface area contributed by atoms with E-state index in [0.717, 1.165) is 16.9 Å². The second kappa shape index (κ2) is 9.96. The fourth-order valence-electron chi connectivity index (χ4n) is 3.09. The van der Waals surface area contributed by atoms with Crippen LogP contribution in [0.5, 0.6) is 5.75 Å². The Hall–Kier alpha value is -2.57. The van der Waals surface area contributed by atoms with Crippen LogP contribution in [0.15, 0.2) is 53.4 Å². The molecule has 0 saturated heterocycles. The van der Waals surface area contributed by atoms with Gasteiger partial charge in [-0.25, -0.2) is 0 Å². The molecule has 0 unspecified atom stereocenters. The van der Waals surface area contributed by atoms with Crippen LogP contribution in [0.2, 0.25) is 0 Å². The summed E-state index contributed by atoms with van der Waals surface area (Å²) in [5.74, 6) is 0.876. The Balaban J connectivity index is 1.86. The Morgan fingerprint density at radius 1 is 1.00 bits per heavy atom. The lowest BCUT2D eigenvalue weighted by molar-refractivity contribution is -0.137. The molecule has 1 aliphatic heterocycles. The SMILES string of the molecule is Cc1ccc(CN2C(=O)C(SCCO)=C(c3ccc(OCC(C)C)cc3)C2=O)cc1. The van der Waals surface area contributed by atoms with Crippen molar-refractivity contribution in [3.63, 3.8) is 0 Å². The third-order valence-electron chi connectivity index (χ3n) is 4.65. The van der Waals surface area contributed by atoms with E-state index in [0.29, 0.717) is 34.3 Å². The number of thioether (sulfide) groups is 1. The van der Waals surface area contributed by atoms with Crippen molar-refractivity contribution in [2.75, 3.05) is 19.0 Å². The van der Waals surface area contributed by atoms with Crippen molar-refractivity contribution in [2.24, 2.45) is 5.92 Å². The Morgan fingerprint density at radius 3 is 2.27 bits per heavy atom. The minimum absolute atomic E-state index is 0.0666. The molecule has 3 rings (SSSR count). The highest BCUT2D eigenvalue weighted by atomic mass is 32.2. The van der Waals surface area contributed by atoms with Crippen molar-refractivity contribution in [1.29, 1.82) is 0 Å². The highest BCUT2D eigenvalue weighted by Crippen LogP contribution is 2.37. The van der Waals surface area contributed by atoms with Gasteiger partial charge in [-0.05, 0) is 36.1 Å². The van der Waals surface area contributed by atoms with Gasteiger partial charge in [0.1, 0.15) is 5.75 Å². The van der Waals surface area contributed by atoms with Gasteiger partial charge in [-0.3, -0.25) is 14.5 Å². The number of hydrogen-bond acceptors (Lipinski definition) is 5. The maximum atomic E-state index is 13.2. The number of hydrogen-bond donors (Lipinski definition) is 1. The lowest BCUT2D eigenvalue weighted by Crippen LogP contribution is -2.31. The fourth-order valence-corrected chi connectivity index (χ4v) is 3.97. The molecule has 5 nitrogen and oxygen atoms in total. The summed E-state index contributed by atoms with van der Waals surface area (Å²) in [6, 6.07) is 15.0. The van der Waals surface area contributed by atoms with Crippen LogP contribution in [0.4, 0.5) is 0 Å². The number of aliphatic hydroxyl groups excluding tert-OH is 1. The van der Waals surface area contributed by atoms with Crippen LogP contribution in [0.3, 0.4) is 0 Å². The molecule has 6 heteroatoms. The van der Waals surface area contributed by atoms with Gasteiger partial charge in [0, 0.05) is 5.75 Å². The second-order valence-corrected chi connectivity index (χ2v) is 8.79. The van der Waals surface area contributed by atoms with Crippen molar-refractivity contribution in [3.05, 3.63) is 70.1 Å². The fraction of sp³-hybridized carbons (Fsp3) is 0.333. The molecule has 1 N–H and O–H groups in total. The first kappa shape index (κ1) is 22.1. The number of imide groups is 1. The first-order valence-corrected chi connectivity index (χ1v) is 11.0. The van der Waals surface area contributed by atoms with Crippen LogP contribution in [0.1, 0.15) is 30.5 Å². The van der Waals surface area contributed by atoms with Gasteiger partial charge in [0.05, 0.1) is 30.2 Å². The third-order valence-corrected chi connectivity index (χ3v) is 5.70. The van der Waals surface area contributed by atoms with Crippen molar-refractivity contribution in [1.82, 2.24) is 4.90 Å². The second-order valence-electron chi connectivity index (χ2n) is 7.69. The third kappa shape index (κ3) is 5.12. The molecule has 0 spiro atoms. The van der Waals surface area contributed by atoms with Crippen LogP contribution in [-0.4, -0.2) is 40.8 Å². The van der Waals surface area contributed by atoms with Gasteiger partial charge in [0.2, 0.25) is 0 Å². The summed E-state index contributed by atoms with van der Waals surface area (Å²) in [6.45, 7) is 6.92. The summed E-state index contributed by atoms with van der Waals surface area (Å²) >= 11 is 1.22. The van der Waals surface area contributed by atoms with E-state index in [1.54, 1.807) is 0 Å². The molecule has 158 valence electrons. The summed E-state index contributed by atoms with van der Waals surface area (Å²) in [5, 5.41) is 9.23. The van der Waals surface area contributed by atoms with Crippen LogP contribution < -0.4 is 4.74 Å². The molecule has 30 heavy (non-hydrogen) atoms. The van der Waals surface area contributed by atoms with E-state index >= 15 is 0 Å². The molecular weight excluding hydrogens is 398 g/mol. The first-order valence-electron chi connectivity index (χ1n) is 10.0. The Bertz CT molecular complexity index is 933. The maximum absolute atomic E-state index is 13.2. The molecule has 0 atom stereocenters. The summed E-state index contributed by atoms with van der Waals surface area (Å²) in [6.07, 6.45) is 0. The number of carbonyl (C=O) groups excluding carboxylic acids is 2. The van der Waals surface area contributed by atoms with Crippen LogP contribution in [0, 0.1) is 12.8 Å². The van der Waals surface area contributed by atoms with E-state index in [9.17, 15) is 14.7 Å². The van der Waals surface area contributed by atoms with E-state index in [1.165, 1.54) is 16.7 Å². The quantitative estimate of drug-likeness (QED) is 0.615. The van der Waals surface area contributed by atoms with Crippen molar-refractivity contribution in [2.45, 2.75) is 27.3 Å². The first-order chi connectivity index (χ1) is 14.4. The number of rotatable bonds is 9. The molecule has 0 saturated carbocycles. The molecule has 1 heterocycles. The molecule has 0 aliphatic carbocycles. The lowest BCUT2D eigenvalue weighted by Gasteiger charge is -2.15. The summed E-state index contributed by atoms with van der Waals surface area (Å²) in [7, 11) is 0. The summed E-state index contributed by atoms with van der Waals surface area (Å²) in [5.41, 5.74) is 3.08. The zero-order valence-corrected chi connectivity index (χ0v) is 18.4. The van der Waals surface area contributed by atoms with Gasteiger partial charge in [-0.15, -0.1) is 11.8 Å². The van der Waals surface area contributed by atoms with E-state index in [-0.39, 0.29) is 25.0 Å². The average Bonchev–Trinajstić information content (AvgIpc) is 2.96.